The average molecular weight is 262 g/mol. The van der Waals surface area contributed by atoms with E-state index in [-0.39, 0.29) is 0 Å². The Morgan fingerprint density at radius 2 is 2.11 bits per heavy atom. The van der Waals surface area contributed by atoms with Gasteiger partial charge in [0.25, 0.3) is 0 Å². The van der Waals surface area contributed by atoms with Crippen LogP contribution in [0.5, 0.6) is 0 Å². The maximum absolute atomic E-state index is 10.9. The summed E-state index contributed by atoms with van der Waals surface area (Å²) in [6.07, 6.45) is 2.46. The molecule has 0 atom stereocenters. The van der Waals surface area contributed by atoms with Crippen molar-refractivity contribution in [2.24, 2.45) is 5.92 Å². The van der Waals surface area contributed by atoms with Crippen molar-refractivity contribution < 1.29 is 9.90 Å². The van der Waals surface area contributed by atoms with Crippen LogP contribution in [0.15, 0.2) is 18.2 Å². The molecule has 0 spiro atoms. The van der Waals surface area contributed by atoms with Crippen LogP contribution in [0.3, 0.4) is 0 Å². The zero-order chi connectivity index (χ0) is 13.8. The number of nitrogens with zero attached hydrogens (tertiary/aromatic N) is 1. The number of nitrogens with one attached hydrogen (secondary N) is 1. The van der Waals surface area contributed by atoms with E-state index in [1.807, 2.05) is 13.0 Å². The van der Waals surface area contributed by atoms with Crippen LogP contribution >= 0.6 is 0 Å². The van der Waals surface area contributed by atoms with Crippen LogP contribution < -0.4 is 5.32 Å². The predicted octanol–water partition coefficient (Wildman–Crippen LogP) is 2.45. The molecule has 0 radical (unpaired) electrons. The monoisotopic (exact) mass is 262 g/mol. The fourth-order valence-corrected chi connectivity index (χ4v) is 2.52. The first-order chi connectivity index (χ1) is 9.06. The van der Waals surface area contributed by atoms with Crippen LogP contribution in [0.2, 0.25) is 0 Å². The lowest BCUT2D eigenvalue weighted by Gasteiger charge is -2.29. The van der Waals surface area contributed by atoms with Gasteiger partial charge in [0.15, 0.2) is 0 Å². The SMILES string of the molecule is Cc1cc(C(=O)O)ccc1NCC1CCN(C)CC1. The fraction of sp³-hybridized carbons (Fsp3) is 0.533. The van der Waals surface area contributed by atoms with E-state index in [4.69, 9.17) is 5.11 Å². The Morgan fingerprint density at radius 1 is 1.42 bits per heavy atom. The van der Waals surface area contributed by atoms with E-state index >= 15 is 0 Å². The number of hydrogen-bond acceptors (Lipinski definition) is 3. The molecule has 0 unspecified atom stereocenters. The van der Waals surface area contributed by atoms with Crippen LogP contribution in [0, 0.1) is 12.8 Å². The largest absolute Gasteiger partial charge is 0.478 e. The van der Waals surface area contributed by atoms with Gasteiger partial charge in [-0.05, 0) is 69.6 Å². The Kier molecular flexibility index (Phi) is 4.43. The molecule has 1 aromatic rings. The average Bonchev–Trinajstić information content (AvgIpc) is 2.39. The van der Waals surface area contributed by atoms with E-state index in [0.29, 0.717) is 5.56 Å². The van der Waals surface area contributed by atoms with Crippen molar-refractivity contribution >= 4 is 11.7 Å². The Morgan fingerprint density at radius 3 is 2.68 bits per heavy atom. The first-order valence-corrected chi connectivity index (χ1v) is 6.82. The summed E-state index contributed by atoms with van der Waals surface area (Å²) >= 11 is 0. The zero-order valence-corrected chi connectivity index (χ0v) is 11.6. The summed E-state index contributed by atoms with van der Waals surface area (Å²) in [7, 11) is 2.17. The number of piperidine rings is 1. The number of hydrogen-bond donors (Lipinski definition) is 2. The maximum Gasteiger partial charge on any atom is 0.335 e. The van der Waals surface area contributed by atoms with E-state index in [1.54, 1.807) is 12.1 Å². The molecule has 4 heteroatoms. The lowest BCUT2D eigenvalue weighted by Crippen LogP contribution is -2.33. The molecule has 1 aromatic carbocycles. The van der Waals surface area contributed by atoms with Crippen molar-refractivity contribution in [1.82, 2.24) is 4.90 Å². The highest BCUT2D eigenvalue weighted by Gasteiger charge is 2.16. The molecule has 1 saturated heterocycles. The van der Waals surface area contributed by atoms with Crippen LogP contribution in [0.4, 0.5) is 5.69 Å². The second-order valence-electron chi connectivity index (χ2n) is 5.46. The number of carboxylic acids is 1. The van der Waals surface area contributed by atoms with Crippen LogP contribution in [0.25, 0.3) is 0 Å². The summed E-state index contributed by atoms with van der Waals surface area (Å²) in [6, 6.07) is 5.25. The molecule has 104 valence electrons. The molecule has 0 bridgehead atoms. The lowest BCUT2D eigenvalue weighted by atomic mass is 9.97. The highest BCUT2D eigenvalue weighted by atomic mass is 16.4. The van der Waals surface area contributed by atoms with Crippen LogP contribution in [0.1, 0.15) is 28.8 Å². The first-order valence-electron chi connectivity index (χ1n) is 6.82. The summed E-state index contributed by atoms with van der Waals surface area (Å²) < 4.78 is 0. The molecule has 0 saturated carbocycles. The standard InChI is InChI=1S/C15H22N2O2/c1-11-9-13(15(18)19)3-4-14(11)16-10-12-5-7-17(2)8-6-12/h3-4,9,12,16H,5-8,10H2,1-2H3,(H,18,19). The van der Waals surface area contributed by atoms with Gasteiger partial charge in [-0.1, -0.05) is 0 Å². The highest BCUT2D eigenvalue weighted by Crippen LogP contribution is 2.20. The third kappa shape index (κ3) is 3.70. The second-order valence-corrected chi connectivity index (χ2v) is 5.46. The normalized spacial score (nSPS) is 17.4. The van der Waals surface area contributed by atoms with E-state index in [1.165, 1.54) is 25.9 Å². The summed E-state index contributed by atoms with van der Waals surface area (Å²) in [5.41, 5.74) is 2.39. The Bertz CT molecular complexity index is 451. The van der Waals surface area contributed by atoms with Crippen molar-refractivity contribution in [3.63, 3.8) is 0 Å². The fourth-order valence-electron chi connectivity index (χ4n) is 2.52. The summed E-state index contributed by atoms with van der Waals surface area (Å²) in [5.74, 6) is -0.153. The Hall–Kier alpha value is -1.55. The summed E-state index contributed by atoms with van der Waals surface area (Å²) in [4.78, 5) is 13.2. The van der Waals surface area contributed by atoms with Crippen molar-refractivity contribution in [2.75, 3.05) is 32.0 Å². The molecule has 1 aliphatic rings. The number of aromatic carboxylic acids is 1. The van der Waals surface area contributed by atoms with Crippen molar-refractivity contribution in [3.8, 4) is 0 Å². The molecule has 0 aliphatic carbocycles. The quantitative estimate of drug-likeness (QED) is 0.875. The molecule has 0 amide bonds. The Labute approximate surface area is 114 Å². The number of rotatable bonds is 4. The maximum atomic E-state index is 10.9. The number of carbonyl (C=O) groups is 1. The third-order valence-corrected chi connectivity index (χ3v) is 3.89. The predicted molar refractivity (Wildman–Crippen MR) is 76.8 cm³/mol. The van der Waals surface area contributed by atoms with Gasteiger partial charge in [-0.25, -0.2) is 4.79 Å². The number of benzene rings is 1. The smallest absolute Gasteiger partial charge is 0.335 e. The van der Waals surface area contributed by atoms with E-state index < -0.39 is 5.97 Å². The minimum Gasteiger partial charge on any atom is -0.478 e. The number of anilines is 1. The van der Waals surface area contributed by atoms with Crippen molar-refractivity contribution in [1.29, 1.82) is 0 Å². The van der Waals surface area contributed by atoms with Gasteiger partial charge in [-0.3, -0.25) is 0 Å². The minimum absolute atomic E-state index is 0.349. The van der Waals surface area contributed by atoms with Crippen LogP contribution in [-0.4, -0.2) is 42.7 Å². The molecule has 2 rings (SSSR count). The first kappa shape index (κ1) is 13.9. The molecule has 4 nitrogen and oxygen atoms in total. The van der Waals surface area contributed by atoms with E-state index in [2.05, 4.69) is 17.3 Å². The molecule has 0 aromatic heterocycles. The van der Waals surface area contributed by atoms with Crippen molar-refractivity contribution in [2.45, 2.75) is 19.8 Å². The van der Waals surface area contributed by atoms with Gasteiger partial charge in [-0.15, -0.1) is 0 Å². The van der Waals surface area contributed by atoms with Gasteiger partial charge in [0.1, 0.15) is 0 Å². The van der Waals surface area contributed by atoms with E-state index in [0.717, 1.165) is 23.7 Å². The molecule has 19 heavy (non-hydrogen) atoms. The minimum atomic E-state index is -0.870. The third-order valence-electron chi connectivity index (χ3n) is 3.89. The van der Waals surface area contributed by atoms with E-state index in [9.17, 15) is 4.79 Å². The van der Waals surface area contributed by atoms with Gasteiger partial charge < -0.3 is 15.3 Å². The number of aryl methyl sites for hydroxylation is 1. The van der Waals surface area contributed by atoms with Crippen LogP contribution in [-0.2, 0) is 0 Å². The zero-order valence-electron chi connectivity index (χ0n) is 11.6. The molecular weight excluding hydrogens is 240 g/mol. The summed E-state index contributed by atoms with van der Waals surface area (Å²) in [5, 5.41) is 12.4. The molecule has 1 heterocycles. The number of carboxylic acid groups (broad SMARTS) is 1. The van der Waals surface area contributed by atoms with Crippen molar-refractivity contribution in [3.05, 3.63) is 29.3 Å². The number of likely N-dealkylation sites (tertiary alicyclic amines) is 1. The van der Waals surface area contributed by atoms with Gasteiger partial charge in [0, 0.05) is 12.2 Å². The molecule has 2 N–H and O–H groups in total. The van der Waals surface area contributed by atoms with Gasteiger partial charge in [0.2, 0.25) is 0 Å². The molecule has 1 fully saturated rings. The van der Waals surface area contributed by atoms with Gasteiger partial charge in [0.05, 0.1) is 5.56 Å². The Balaban J connectivity index is 1.91. The highest BCUT2D eigenvalue weighted by molar-refractivity contribution is 5.88. The molecular formula is C15H22N2O2. The topological polar surface area (TPSA) is 52.6 Å². The molecule has 1 aliphatic heterocycles. The lowest BCUT2D eigenvalue weighted by molar-refractivity contribution is 0.0697. The second kappa shape index (κ2) is 6.06. The summed E-state index contributed by atoms with van der Waals surface area (Å²) in [6.45, 7) is 5.26. The van der Waals surface area contributed by atoms with Gasteiger partial charge in [-0.2, -0.15) is 0 Å². The van der Waals surface area contributed by atoms with Gasteiger partial charge >= 0.3 is 5.97 Å².